The van der Waals surface area contributed by atoms with Crippen LogP contribution >= 0.6 is 0 Å². The highest BCUT2D eigenvalue weighted by molar-refractivity contribution is 7.92. The van der Waals surface area contributed by atoms with E-state index < -0.39 is 10.0 Å². The smallest absolute Gasteiger partial charge is 0.264 e. The summed E-state index contributed by atoms with van der Waals surface area (Å²) in [6, 6.07) is 18.7. The Labute approximate surface area is 218 Å². The van der Waals surface area contributed by atoms with Crippen molar-refractivity contribution in [2.45, 2.75) is 11.4 Å². The van der Waals surface area contributed by atoms with Gasteiger partial charge in [-0.05, 0) is 60.2 Å². The molecule has 0 spiro atoms. The molecule has 0 saturated carbocycles. The van der Waals surface area contributed by atoms with E-state index in [-0.39, 0.29) is 17.3 Å². The SMILES string of the molecule is C=C/C=C(\C=C)N1CCN(C(=O)c2ccc(N(Cc3cccnc3)S(=O)(=O)c3ccccc3)cc2)CC1. The molecule has 0 aliphatic carbocycles. The Bertz CT molecular complexity index is 1360. The van der Waals surface area contributed by atoms with E-state index in [1.807, 2.05) is 17.0 Å². The van der Waals surface area contributed by atoms with Crippen LogP contribution in [0.25, 0.3) is 0 Å². The fourth-order valence-corrected chi connectivity index (χ4v) is 5.71. The number of aromatic nitrogens is 1. The lowest BCUT2D eigenvalue weighted by atomic mass is 10.1. The second-order valence-electron chi connectivity index (χ2n) is 8.54. The lowest BCUT2D eigenvalue weighted by molar-refractivity contribution is 0.0672. The molecule has 0 atom stereocenters. The lowest BCUT2D eigenvalue weighted by Gasteiger charge is -2.36. The molecule has 190 valence electrons. The Morgan fingerprint density at radius 2 is 1.59 bits per heavy atom. The number of hydrogen-bond donors (Lipinski definition) is 0. The number of carbonyl (C=O) groups is 1. The molecule has 2 aromatic carbocycles. The molecule has 3 aromatic rings. The first-order valence-corrected chi connectivity index (χ1v) is 13.4. The van der Waals surface area contributed by atoms with Crippen LogP contribution in [0.4, 0.5) is 5.69 Å². The number of pyridine rings is 1. The van der Waals surface area contributed by atoms with E-state index in [2.05, 4.69) is 23.0 Å². The molecule has 1 aliphatic heterocycles. The van der Waals surface area contributed by atoms with Crippen molar-refractivity contribution in [2.75, 3.05) is 30.5 Å². The summed E-state index contributed by atoms with van der Waals surface area (Å²) in [5.41, 5.74) is 2.73. The molecular weight excluding hydrogens is 484 g/mol. The lowest BCUT2D eigenvalue weighted by Crippen LogP contribution is -2.48. The van der Waals surface area contributed by atoms with Gasteiger partial charge in [0.25, 0.3) is 15.9 Å². The summed E-state index contributed by atoms with van der Waals surface area (Å²) in [5, 5.41) is 0. The normalized spacial score (nSPS) is 14.2. The number of carbonyl (C=O) groups excluding carboxylic acids is 1. The number of sulfonamides is 1. The molecule has 0 bridgehead atoms. The number of anilines is 1. The van der Waals surface area contributed by atoms with Crippen molar-refractivity contribution in [1.82, 2.24) is 14.8 Å². The van der Waals surface area contributed by atoms with Gasteiger partial charge in [-0.3, -0.25) is 14.1 Å². The highest BCUT2D eigenvalue weighted by Crippen LogP contribution is 2.27. The molecule has 0 radical (unpaired) electrons. The number of piperazine rings is 1. The minimum Gasteiger partial charge on any atom is -0.368 e. The first-order chi connectivity index (χ1) is 17.9. The van der Waals surface area contributed by atoms with Gasteiger partial charge in [0.2, 0.25) is 0 Å². The first-order valence-electron chi connectivity index (χ1n) is 12.0. The van der Waals surface area contributed by atoms with Crippen molar-refractivity contribution in [2.24, 2.45) is 0 Å². The molecule has 8 heteroatoms. The molecule has 1 aromatic heterocycles. The van der Waals surface area contributed by atoms with E-state index in [0.717, 1.165) is 11.3 Å². The molecule has 4 rings (SSSR count). The van der Waals surface area contributed by atoms with Gasteiger partial charge in [-0.1, -0.05) is 43.5 Å². The number of allylic oxidation sites excluding steroid dienone is 3. The van der Waals surface area contributed by atoms with Crippen LogP contribution in [-0.4, -0.2) is 55.3 Å². The predicted molar refractivity (Wildman–Crippen MR) is 146 cm³/mol. The van der Waals surface area contributed by atoms with Gasteiger partial charge in [-0.15, -0.1) is 0 Å². The molecule has 1 aliphatic rings. The number of amides is 1. The molecule has 1 fully saturated rings. The van der Waals surface area contributed by atoms with Crippen molar-refractivity contribution < 1.29 is 13.2 Å². The largest absolute Gasteiger partial charge is 0.368 e. The summed E-state index contributed by atoms with van der Waals surface area (Å²) < 4.78 is 28.5. The molecular formula is C29H30N4O3S. The summed E-state index contributed by atoms with van der Waals surface area (Å²) in [6.07, 6.45) is 8.72. The minimum absolute atomic E-state index is 0.0798. The van der Waals surface area contributed by atoms with Crippen LogP contribution in [-0.2, 0) is 16.6 Å². The van der Waals surface area contributed by atoms with E-state index >= 15 is 0 Å². The van der Waals surface area contributed by atoms with Crippen molar-refractivity contribution in [3.8, 4) is 0 Å². The zero-order valence-corrected chi connectivity index (χ0v) is 21.4. The Morgan fingerprint density at radius 1 is 0.919 bits per heavy atom. The molecule has 0 N–H and O–H groups in total. The zero-order chi connectivity index (χ0) is 26.3. The van der Waals surface area contributed by atoms with Crippen LogP contribution in [0.2, 0.25) is 0 Å². The molecule has 1 saturated heterocycles. The van der Waals surface area contributed by atoms with Gasteiger partial charge in [0.1, 0.15) is 0 Å². The standard InChI is InChI=1S/C29H30N4O3S/c1-3-9-26(4-2)31-18-20-32(21-19-31)29(34)25-13-15-27(16-14-25)33(23-24-10-8-17-30-22-24)37(35,36)28-11-6-5-7-12-28/h3-17,22H,1-2,18-21,23H2/b26-9+. The van der Waals surface area contributed by atoms with Crippen LogP contribution in [0.3, 0.4) is 0 Å². The Hall–Kier alpha value is -4.17. The number of hydrogen-bond acceptors (Lipinski definition) is 5. The predicted octanol–water partition coefficient (Wildman–Crippen LogP) is 4.49. The van der Waals surface area contributed by atoms with Gasteiger partial charge in [-0.25, -0.2) is 8.42 Å². The molecule has 37 heavy (non-hydrogen) atoms. The van der Waals surface area contributed by atoms with Gasteiger partial charge < -0.3 is 9.80 Å². The summed E-state index contributed by atoms with van der Waals surface area (Å²) in [5.74, 6) is -0.0798. The average Bonchev–Trinajstić information content (AvgIpc) is 2.95. The van der Waals surface area contributed by atoms with Crippen LogP contribution in [0.5, 0.6) is 0 Å². The topological polar surface area (TPSA) is 73.8 Å². The van der Waals surface area contributed by atoms with Crippen LogP contribution < -0.4 is 4.31 Å². The van der Waals surface area contributed by atoms with Gasteiger partial charge >= 0.3 is 0 Å². The van der Waals surface area contributed by atoms with Crippen LogP contribution in [0.15, 0.2) is 121 Å². The molecule has 0 unspecified atom stereocenters. The van der Waals surface area contributed by atoms with Crippen LogP contribution in [0, 0.1) is 0 Å². The maximum Gasteiger partial charge on any atom is 0.264 e. The highest BCUT2D eigenvalue weighted by atomic mass is 32.2. The van der Waals surface area contributed by atoms with Crippen molar-refractivity contribution >= 4 is 21.6 Å². The zero-order valence-electron chi connectivity index (χ0n) is 20.6. The van der Waals surface area contributed by atoms with Gasteiger partial charge in [0, 0.05) is 49.8 Å². The van der Waals surface area contributed by atoms with E-state index in [1.165, 1.54) is 4.31 Å². The highest BCUT2D eigenvalue weighted by Gasteiger charge is 2.26. The number of nitrogens with zero attached hydrogens (tertiary/aromatic N) is 4. The Kier molecular flexibility index (Phi) is 8.20. The second kappa shape index (κ2) is 11.7. The maximum atomic E-state index is 13.6. The molecule has 2 heterocycles. The summed E-state index contributed by atoms with van der Waals surface area (Å²) >= 11 is 0. The second-order valence-corrected chi connectivity index (χ2v) is 10.4. The van der Waals surface area contributed by atoms with Crippen molar-refractivity contribution in [3.63, 3.8) is 0 Å². The van der Waals surface area contributed by atoms with Gasteiger partial charge in [0.15, 0.2) is 0 Å². The number of rotatable bonds is 9. The molecule has 1 amide bonds. The van der Waals surface area contributed by atoms with Crippen LogP contribution in [0.1, 0.15) is 15.9 Å². The van der Waals surface area contributed by atoms with Crippen molar-refractivity contribution in [3.05, 3.63) is 127 Å². The van der Waals surface area contributed by atoms with Gasteiger partial charge in [-0.2, -0.15) is 0 Å². The van der Waals surface area contributed by atoms with E-state index in [0.29, 0.717) is 37.4 Å². The van der Waals surface area contributed by atoms with E-state index in [4.69, 9.17) is 0 Å². The van der Waals surface area contributed by atoms with Crippen molar-refractivity contribution in [1.29, 1.82) is 0 Å². The quantitative estimate of drug-likeness (QED) is 0.394. The fourth-order valence-electron chi connectivity index (χ4n) is 4.24. The third kappa shape index (κ3) is 5.98. The first kappa shape index (κ1) is 25.9. The summed E-state index contributed by atoms with van der Waals surface area (Å²) in [6.45, 7) is 10.3. The third-order valence-electron chi connectivity index (χ3n) is 6.21. The van der Waals surface area contributed by atoms with Gasteiger partial charge in [0.05, 0.1) is 17.1 Å². The minimum atomic E-state index is -3.84. The molecule has 7 nitrogen and oxygen atoms in total. The Balaban J connectivity index is 1.54. The van der Waals surface area contributed by atoms with E-state index in [1.54, 1.807) is 85.2 Å². The summed E-state index contributed by atoms with van der Waals surface area (Å²) in [4.78, 5) is 21.5. The summed E-state index contributed by atoms with van der Waals surface area (Å²) in [7, 11) is -3.84. The fraction of sp³-hybridized carbons (Fsp3) is 0.172. The third-order valence-corrected chi connectivity index (χ3v) is 8.00. The maximum absolute atomic E-state index is 13.6. The monoisotopic (exact) mass is 514 g/mol. The number of benzene rings is 2. The van der Waals surface area contributed by atoms with E-state index in [9.17, 15) is 13.2 Å². The Morgan fingerprint density at radius 3 is 2.19 bits per heavy atom. The average molecular weight is 515 g/mol.